The zero-order valence-corrected chi connectivity index (χ0v) is 16.2. The average molecular weight is 380 g/mol. The first kappa shape index (κ1) is 18.7. The minimum Gasteiger partial charge on any atom is -0.386 e. The number of hydrogen-bond acceptors (Lipinski definition) is 5. The number of aromatic nitrogens is 3. The summed E-state index contributed by atoms with van der Waals surface area (Å²) in [5, 5.41) is 14.4. The molecule has 2 aromatic heterocycles. The minimum atomic E-state index is -3.31. The van der Waals surface area contributed by atoms with E-state index in [0.717, 1.165) is 23.3 Å². The topological polar surface area (TPSA) is 97.4 Å². The van der Waals surface area contributed by atoms with Crippen LogP contribution < -0.4 is 0 Å². The van der Waals surface area contributed by atoms with Gasteiger partial charge in [0.1, 0.15) is 15.9 Å². The Morgan fingerprint density at radius 1 is 1.31 bits per heavy atom. The van der Waals surface area contributed by atoms with Crippen molar-refractivity contribution < 1.29 is 18.3 Å². The molecule has 0 unspecified atom stereocenters. The number of aliphatic hydroxyl groups is 1. The zero-order valence-electron chi connectivity index (χ0n) is 15.4. The maximum Gasteiger partial charge on any atom is 0.256 e. The number of rotatable bonds is 4. The summed E-state index contributed by atoms with van der Waals surface area (Å²) in [7, 11) is -1.37. The molecule has 0 saturated heterocycles. The van der Waals surface area contributed by atoms with Crippen molar-refractivity contribution in [2.45, 2.75) is 33.0 Å². The van der Waals surface area contributed by atoms with Crippen molar-refractivity contribution in [1.29, 1.82) is 0 Å². The van der Waals surface area contributed by atoms with Gasteiger partial charge in [-0.3, -0.25) is 9.48 Å². The fourth-order valence-corrected chi connectivity index (χ4v) is 3.98. The van der Waals surface area contributed by atoms with Gasteiger partial charge < -0.3 is 14.6 Å². The molecule has 3 heterocycles. The maximum absolute atomic E-state index is 12.9. The number of carbonyl (C=O) groups is 1. The van der Waals surface area contributed by atoms with Gasteiger partial charge in [-0.1, -0.05) is 0 Å². The summed E-state index contributed by atoms with van der Waals surface area (Å²) in [6.45, 7) is 5.30. The van der Waals surface area contributed by atoms with Crippen molar-refractivity contribution in [3.05, 3.63) is 40.5 Å². The molecule has 0 aromatic carbocycles. The molecule has 2 aromatic rings. The molecule has 9 heteroatoms. The number of aryl methyl sites for hydroxylation is 1. The van der Waals surface area contributed by atoms with Gasteiger partial charge in [0.05, 0.1) is 35.8 Å². The van der Waals surface area contributed by atoms with Crippen LogP contribution in [0, 0.1) is 13.8 Å². The van der Waals surface area contributed by atoms with Crippen LogP contribution in [0.25, 0.3) is 0 Å². The predicted octanol–water partition coefficient (Wildman–Crippen LogP) is 0.572. The monoisotopic (exact) mass is 380 g/mol. The van der Waals surface area contributed by atoms with Gasteiger partial charge in [0.25, 0.3) is 5.91 Å². The second-order valence-electron chi connectivity index (χ2n) is 6.96. The third kappa shape index (κ3) is 3.54. The first-order valence-electron chi connectivity index (χ1n) is 8.41. The highest BCUT2D eigenvalue weighted by atomic mass is 32.2. The molecular formula is C17H24N4O4S. The summed E-state index contributed by atoms with van der Waals surface area (Å²) in [5.74, 6) is -0.397. The van der Waals surface area contributed by atoms with Gasteiger partial charge in [-0.05, 0) is 26.0 Å². The smallest absolute Gasteiger partial charge is 0.256 e. The van der Waals surface area contributed by atoms with Crippen LogP contribution >= 0.6 is 0 Å². The van der Waals surface area contributed by atoms with Gasteiger partial charge in [0.15, 0.2) is 0 Å². The van der Waals surface area contributed by atoms with Crippen LogP contribution in [0.4, 0.5) is 0 Å². The molecule has 1 aliphatic heterocycles. The largest absolute Gasteiger partial charge is 0.386 e. The van der Waals surface area contributed by atoms with E-state index < -0.39 is 15.9 Å². The van der Waals surface area contributed by atoms with Crippen molar-refractivity contribution >= 4 is 15.7 Å². The van der Waals surface area contributed by atoms with E-state index in [2.05, 4.69) is 5.10 Å². The molecule has 0 spiro atoms. The van der Waals surface area contributed by atoms with E-state index in [1.165, 1.54) is 0 Å². The number of hydrogen-bond donors (Lipinski definition) is 1. The summed E-state index contributed by atoms with van der Waals surface area (Å²) >= 11 is 0. The van der Waals surface area contributed by atoms with E-state index in [-0.39, 0.29) is 11.7 Å². The maximum atomic E-state index is 12.9. The first-order valence-corrected chi connectivity index (χ1v) is 10.5. The van der Waals surface area contributed by atoms with Crippen LogP contribution in [-0.2, 0) is 30.0 Å². The molecule has 1 atom stereocenters. The van der Waals surface area contributed by atoms with Crippen molar-refractivity contribution in [3.8, 4) is 0 Å². The van der Waals surface area contributed by atoms with Gasteiger partial charge >= 0.3 is 0 Å². The lowest BCUT2D eigenvalue weighted by Gasteiger charge is -2.27. The molecule has 0 aliphatic carbocycles. The highest BCUT2D eigenvalue weighted by Gasteiger charge is 2.27. The average Bonchev–Trinajstić information content (AvgIpc) is 3.09. The third-order valence-electron chi connectivity index (χ3n) is 4.91. The first-order chi connectivity index (χ1) is 12.1. The van der Waals surface area contributed by atoms with Crippen molar-refractivity contribution in [2.75, 3.05) is 18.6 Å². The number of aliphatic hydroxyl groups excluding tert-OH is 1. The number of carbonyl (C=O) groups excluding carboxylic acids is 1. The molecule has 1 N–H and O–H groups in total. The van der Waals surface area contributed by atoms with E-state index in [0.29, 0.717) is 30.9 Å². The van der Waals surface area contributed by atoms with E-state index in [1.54, 1.807) is 15.6 Å². The summed E-state index contributed by atoms with van der Waals surface area (Å²) in [5.41, 5.74) is 3.76. The Kier molecular flexibility index (Phi) is 4.70. The summed E-state index contributed by atoms with van der Waals surface area (Å²) in [4.78, 5) is 14.6. The van der Waals surface area contributed by atoms with Crippen molar-refractivity contribution in [3.63, 3.8) is 0 Å². The van der Waals surface area contributed by atoms with Crippen molar-refractivity contribution in [2.24, 2.45) is 7.05 Å². The molecule has 0 fully saturated rings. The van der Waals surface area contributed by atoms with Gasteiger partial charge in [-0.15, -0.1) is 0 Å². The zero-order chi connectivity index (χ0) is 19.2. The van der Waals surface area contributed by atoms with Crippen LogP contribution in [0.5, 0.6) is 0 Å². The molecule has 8 nitrogen and oxygen atoms in total. The molecule has 1 aliphatic rings. The summed E-state index contributed by atoms with van der Waals surface area (Å²) in [6, 6.07) is 3.57. The van der Waals surface area contributed by atoms with Crippen LogP contribution in [-0.4, -0.2) is 57.2 Å². The quantitative estimate of drug-likeness (QED) is 0.836. The Bertz CT molecular complexity index is 958. The second-order valence-corrected chi connectivity index (χ2v) is 9.15. The lowest BCUT2D eigenvalue weighted by atomic mass is 10.2. The second kappa shape index (κ2) is 6.55. The molecular weight excluding hydrogens is 356 g/mol. The molecule has 3 rings (SSSR count). The molecule has 0 radical (unpaired) electrons. The Balaban J connectivity index is 1.79. The fourth-order valence-electron chi connectivity index (χ4n) is 3.24. The van der Waals surface area contributed by atoms with Crippen LogP contribution in [0.2, 0.25) is 0 Å². The minimum absolute atomic E-state index is 0.0307. The summed E-state index contributed by atoms with van der Waals surface area (Å²) < 4.78 is 26.5. The van der Waals surface area contributed by atoms with Crippen LogP contribution in [0.1, 0.15) is 39.2 Å². The Morgan fingerprint density at radius 3 is 2.58 bits per heavy atom. The molecule has 0 bridgehead atoms. The SMILES string of the molecule is Cc1cc(C(=O)N2CCn3nc([C@H](O)CS(C)(=O)=O)cc3C2)c(C)n1C. The highest BCUT2D eigenvalue weighted by molar-refractivity contribution is 7.90. The number of fused-ring (bicyclic) bond motifs is 1. The Morgan fingerprint density at radius 2 is 2.00 bits per heavy atom. The molecule has 26 heavy (non-hydrogen) atoms. The van der Waals surface area contributed by atoms with E-state index in [4.69, 9.17) is 0 Å². The number of nitrogens with zero attached hydrogens (tertiary/aromatic N) is 4. The summed E-state index contributed by atoms with van der Waals surface area (Å²) in [6.07, 6.45) is -0.0807. The standard InChI is InChI=1S/C17H24N4O4S/c1-11-7-14(12(2)19(11)3)17(23)20-5-6-21-13(9-20)8-15(18-21)16(22)10-26(4,24)25/h7-8,16,22H,5-6,9-10H2,1-4H3/t16-/m1/s1. The molecule has 1 amide bonds. The lowest BCUT2D eigenvalue weighted by Crippen LogP contribution is -2.38. The number of sulfone groups is 1. The Hall–Kier alpha value is -2.13. The van der Waals surface area contributed by atoms with Crippen LogP contribution in [0.3, 0.4) is 0 Å². The van der Waals surface area contributed by atoms with Gasteiger partial charge in [-0.25, -0.2) is 8.42 Å². The lowest BCUT2D eigenvalue weighted by molar-refractivity contribution is 0.0705. The Labute approximate surface area is 152 Å². The van der Waals surface area contributed by atoms with Gasteiger partial charge in [0, 0.05) is 31.2 Å². The normalized spacial score (nSPS) is 15.8. The van der Waals surface area contributed by atoms with Gasteiger partial charge in [-0.2, -0.15) is 5.10 Å². The van der Waals surface area contributed by atoms with Crippen molar-refractivity contribution in [1.82, 2.24) is 19.2 Å². The van der Waals surface area contributed by atoms with E-state index in [1.807, 2.05) is 31.5 Å². The number of amides is 1. The predicted molar refractivity (Wildman–Crippen MR) is 96.5 cm³/mol. The van der Waals surface area contributed by atoms with Crippen LogP contribution in [0.15, 0.2) is 12.1 Å². The van der Waals surface area contributed by atoms with E-state index >= 15 is 0 Å². The fraction of sp³-hybridized carbons (Fsp3) is 0.529. The molecule has 142 valence electrons. The van der Waals surface area contributed by atoms with E-state index in [9.17, 15) is 18.3 Å². The van der Waals surface area contributed by atoms with Gasteiger partial charge in [0.2, 0.25) is 0 Å². The third-order valence-corrected chi connectivity index (χ3v) is 5.83. The highest BCUT2D eigenvalue weighted by Crippen LogP contribution is 2.22. The molecule has 0 saturated carbocycles.